The molecule has 140 valence electrons. The maximum Gasteiger partial charge on any atom is 0.311 e. The molecule has 0 aliphatic rings. The van der Waals surface area contributed by atoms with Crippen LogP contribution in [0.2, 0.25) is 0 Å². The van der Waals surface area contributed by atoms with E-state index in [1.807, 2.05) is 25.1 Å². The van der Waals surface area contributed by atoms with E-state index >= 15 is 0 Å². The minimum atomic E-state index is -0.429. The van der Waals surface area contributed by atoms with Gasteiger partial charge in [0.25, 0.3) is 5.89 Å². The molecular weight excluding hydrogens is 345 g/mol. The Balaban J connectivity index is 1.75. The van der Waals surface area contributed by atoms with Crippen LogP contribution < -0.4 is 10.2 Å². The number of nitrogens with zero attached hydrogens (tertiary/aromatic N) is 2. The van der Waals surface area contributed by atoms with Crippen molar-refractivity contribution in [3.8, 4) is 11.3 Å². The third-order valence-electron chi connectivity index (χ3n) is 4.42. The summed E-state index contributed by atoms with van der Waals surface area (Å²) in [5, 5.41) is 2.83. The van der Waals surface area contributed by atoms with Gasteiger partial charge < -0.3 is 14.6 Å². The lowest BCUT2D eigenvalue weighted by molar-refractivity contribution is 0.0991. The molecule has 1 heterocycles. The van der Waals surface area contributed by atoms with Gasteiger partial charge in [0, 0.05) is 30.0 Å². The highest BCUT2D eigenvalue weighted by Gasteiger charge is 2.16. The second-order valence-electron chi connectivity index (χ2n) is 6.16. The molecule has 0 atom stereocenters. The normalized spacial score (nSPS) is 10.7. The molecule has 1 N–H and O–H groups in total. The van der Waals surface area contributed by atoms with Crippen molar-refractivity contribution in [1.29, 1.82) is 0 Å². The molecule has 6 heteroatoms. The van der Waals surface area contributed by atoms with Gasteiger partial charge in [0.2, 0.25) is 0 Å². The fourth-order valence-electron chi connectivity index (χ4n) is 2.88. The number of aromatic nitrogens is 1. The quantitative estimate of drug-likeness (QED) is 0.674. The molecule has 0 aliphatic carbocycles. The fraction of sp³-hybridized carbons (Fsp3) is 0.238. The van der Waals surface area contributed by atoms with E-state index in [1.165, 1.54) is 18.3 Å². The highest BCUT2D eigenvalue weighted by atomic mass is 19.1. The van der Waals surface area contributed by atoms with Crippen molar-refractivity contribution in [3.05, 3.63) is 65.9 Å². The standard InChI is InChI=1S/C21H22FN3O2/c1-4-25(5-2)17-10-11-18(14(3)12-17)24-20(26)21-23-13-19(27-21)15-6-8-16(22)9-7-15/h6-13H,4-5H2,1-3H3,(H,24,26). The minimum Gasteiger partial charge on any atom is -0.432 e. The molecule has 27 heavy (non-hydrogen) atoms. The number of amides is 1. The Morgan fingerprint density at radius 1 is 1.15 bits per heavy atom. The van der Waals surface area contributed by atoms with E-state index in [1.54, 1.807) is 12.1 Å². The second kappa shape index (κ2) is 8.03. The number of hydrogen-bond acceptors (Lipinski definition) is 4. The highest BCUT2D eigenvalue weighted by molar-refractivity contribution is 6.01. The number of rotatable bonds is 6. The van der Waals surface area contributed by atoms with Crippen molar-refractivity contribution in [3.63, 3.8) is 0 Å². The van der Waals surface area contributed by atoms with E-state index in [9.17, 15) is 9.18 Å². The molecular formula is C21H22FN3O2. The van der Waals surface area contributed by atoms with E-state index in [4.69, 9.17) is 4.42 Å². The molecule has 3 rings (SSSR count). The topological polar surface area (TPSA) is 58.4 Å². The number of hydrogen-bond donors (Lipinski definition) is 1. The summed E-state index contributed by atoms with van der Waals surface area (Å²) in [6.45, 7) is 8.00. The third kappa shape index (κ3) is 4.16. The Morgan fingerprint density at radius 2 is 1.85 bits per heavy atom. The van der Waals surface area contributed by atoms with Crippen LogP contribution in [0.3, 0.4) is 0 Å². The van der Waals surface area contributed by atoms with Crippen molar-refractivity contribution in [2.45, 2.75) is 20.8 Å². The van der Waals surface area contributed by atoms with Gasteiger partial charge in [-0.2, -0.15) is 0 Å². The summed E-state index contributed by atoms with van der Waals surface area (Å²) in [5.41, 5.74) is 3.43. The van der Waals surface area contributed by atoms with Crippen molar-refractivity contribution in [2.24, 2.45) is 0 Å². The van der Waals surface area contributed by atoms with Crippen LogP contribution in [-0.4, -0.2) is 24.0 Å². The van der Waals surface area contributed by atoms with E-state index in [0.717, 1.165) is 24.3 Å². The van der Waals surface area contributed by atoms with Crippen molar-refractivity contribution in [2.75, 3.05) is 23.3 Å². The van der Waals surface area contributed by atoms with E-state index in [0.29, 0.717) is 17.0 Å². The monoisotopic (exact) mass is 367 g/mol. The van der Waals surface area contributed by atoms with Gasteiger partial charge in [-0.15, -0.1) is 0 Å². The van der Waals surface area contributed by atoms with E-state index in [-0.39, 0.29) is 11.7 Å². The number of halogens is 1. The molecule has 1 amide bonds. The molecule has 0 saturated heterocycles. The van der Waals surface area contributed by atoms with Gasteiger partial charge in [0.05, 0.1) is 6.20 Å². The zero-order valence-electron chi connectivity index (χ0n) is 15.6. The van der Waals surface area contributed by atoms with Crippen LogP contribution in [0, 0.1) is 12.7 Å². The van der Waals surface area contributed by atoms with Gasteiger partial charge >= 0.3 is 5.91 Å². The van der Waals surface area contributed by atoms with E-state index in [2.05, 4.69) is 29.0 Å². The van der Waals surface area contributed by atoms with Crippen LogP contribution in [0.15, 0.2) is 53.1 Å². The first-order chi connectivity index (χ1) is 13.0. The van der Waals surface area contributed by atoms with Gasteiger partial charge in [0.1, 0.15) is 5.82 Å². The van der Waals surface area contributed by atoms with E-state index < -0.39 is 5.91 Å². The van der Waals surface area contributed by atoms with Crippen LogP contribution in [0.1, 0.15) is 30.1 Å². The third-order valence-corrected chi connectivity index (χ3v) is 4.42. The molecule has 0 unspecified atom stereocenters. The molecule has 0 radical (unpaired) electrons. The zero-order valence-corrected chi connectivity index (χ0v) is 15.6. The molecule has 0 spiro atoms. The summed E-state index contributed by atoms with van der Waals surface area (Å²) >= 11 is 0. The maximum absolute atomic E-state index is 13.0. The molecule has 1 aromatic heterocycles. The Bertz CT molecular complexity index is 931. The number of carbonyl (C=O) groups excluding carboxylic acids is 1. The highest BCUT2D eigenvalue weighted by Crippen LogP contribution is 2.24. The SMILES string of the molecule is CCN(CC)c1ccc(NC(=O)c2ncc(-c3ccc(F)cc3)o2)c(C)c1. The number of carbonyl (C=O) groups is 1. The lowest BCUT2D eigenvalue weighted by atomic mass is 10.1. The van der Waals surface area contributed by atoms with Crippen LogP contribution in [0.5, 0.6) is 0 Å². The minimum absolute atomic E-state index is 0.0402. The predicted octanol–water partition coefficient (Wildman–Crippen LogP) is 4.89. The Labute approximate surface area is 157 Å². The summed E-state index contributed by atoms with van der Waals surface area (Å²) in [6.07, 6.45) is 1.46. The number of anilines is 2. The Kier molecular flexibility index (Phi) is 5.54. The molecule has 0 bridgehead atoms. The number of nitrogens with one attached hydrogen (secondary N) is 1. The lowest BCUT2D eigenvalue weighted by Gasteiger charge is -2.22. The van der Waals surface area contributed by atoms with Crippen LogP contribution in [0.25, 0.3) is 11.3 Å². The summed E-state index contributed by atoms with van der Waals surface area (Å²) in [7, 11) is 0. The first-order valence-corrected chi connectivity index (χ1v) is 8.90. The molecule has 5 nitrogen and oxygen atoms in total. The summed E-state index contributed by atoms with van der Waals surface area (Å²) < 4.78 is 18.6. The molecule has 3 aromatic rings. The Morgan fingerprint density at radius 3 is 2.48 bits per heavy atom. The average molecular weight is 367 g/mol. The van der Waals surface area contributed by atoms with Gasteiger partial charge in [-0.25, -0.2) is 9.37 Å². The van der Waals surface area contributed by atoms with Gasteiger partial charge in [-0.1, -0.05) is 0 Å². The van der Waals surface area contributed by atoms with Crippen LogP contribution in [0.4, 0.5) is 15.8 Å². The molecule has 0 fully saturated rings. The van der Waals surface area contributed by atoms with Crippen LogP contribution >= 0.6 is 0 Å². The lowest BCUT2D eigenvalue weighted by Crippen LogP contribution is -2.22. The number of aryl methyl sites for hydroxylation is 1. The number of benzene rings is 2. The predicted molar refractivity (Wildman–Crippen MR) is 105 cm³/mol. The average Bonchev–Trinajstić information content (AvgIpc) is 3.16. The summed E-state index contributed by atoms with van der Waals surface area (Å²) in [4.78, 5) is 18.7. The second-order valence-corrected chi connectivity index (χ2v) is 6.16. The van der Waals surface area contributed by atoms with Crippen molar-refractivity contribution < 1.29 is 13.6 Å². The van der Waals surface area contributed by atoms with Crippen molar-refractivity contribution >= 4 is 17.3 Å². The summed E-state index contributed by atoms with van der Waals surface area (Å²) in [5.74, 6) is -0.391. The molecule has 0 aliphatic heterocycles. The van der Waals surface area contributed by atoms with Crippen LogP contribution in [-0.2, 0) is 0 Å². The Hall–Kier alpha value is -3.15. The first-order valence-electron chi connectivity index (χ1n) is 8.90. The van der Waals surface area contributed by atoms with Gasteiger partial charge in [-0.05, 0) is 68.8 Å². The zero-order chi connectivity index (χ0) is 19.4. The largest absolute Gasteiger partial charge is 0.432 e. The fourth-order valence-corrected chi connectivity index (χ4v) is 2.88. The smallest absolute Gasteiger partial charge is 0.311 e. The van der Waals surface area contributed by atoms with Crippen molar-refractivity contribution in [1.82, 2.24) is 4.98 Å². The number of oxazole rings is 1. The summed E-state index contributed by atoms with van der Waals surface area (Å²) in [6, 6.07) is 11.7. The molecule has 2 aromatic carbocycles. The maximum atomic E-state index is 13.0. The molecule has 0 saturated carbocycles. The van der Waals surface area contributed by atoms with Gasteiger partial charge in [0.15, 0.2) is 5.76 Å². The first kappa shape index (κ1) is 18.6. The van der Waals surface area contributed by atoms with Gasteiger partial charge in [-0.3, -0.25) is 4.79 Å².